The molecule has 1 amide bonds. The van der Waals surface area contributed by atoms with Crippen molar-refractivity contribution in [3.05, 3.63) is 0 Å². The van der Waals surface area contributed by atoms with Gasteiger partial charge in [-0.1, -0.05) is 0 Å². The molecule has 0 aliphatic carbocycles. The fourth-order valence-corrected chi connectivity index (χ4v) is 2.91. The van der Waals surface area contributed by atoms with Gasteiger partial charge < -0.3 is 20.4 Å². The van der Waals surface area contributed by atoms with Gasteiger partial charge in [0.2, 0.25) is 5.91 Å². The predicted molar refractivity (Wildman–Crippen MR) is 58.8 cm³/mol. The second kappa shape index (κ2) is 5.12. The van der Waals surface area contributed by atoms with Crippen LogP contribution >= 0.6 is 0 Å². The van der Waals surface area contributed by atoms with E-state index in [4.69, 9.17) is 10.2 Å². The summed E-state index contributed by atoms with van der Waals surface area (Å²) in [5.74, 6) is 0.139. The molecular formula is C11H20N2O3. The zero-order valence-electron chi connectivity index (χ0n) is 9.43. The summed E-state index contributed by atoms with van der Waals surface area (Å²) < 4.78 is 0. The number of amides is 1. The van der Waals surface area contributed by atoms with Crippen LogP contribution in [0.1, 0.15) is 19.3 Å². The Bertz CT molecular complexity index is 254. The minimum Gasteiger partial charge on any atom is -0.395 e. The molecule has 3 atom stereocenters. The van der Waals surface area contributed by atoms with Gasteiger partial charge in [0.1, 0.15) is 0 Å². The molecule has 5 heteroatoms. The number of aliphatic hydroxyl groups excluding tert-OH is 2. The molecule has 16 heavy (non-hydrogen) atoms. The maximum absolute atomic E-state index is 12.2. The quantitative estimate of drug-likeness (QED) is 0.561. The van der Waals surface area contributed by atoms with Gasteiger partial charge in [0.25, 0.3) is 0 Å². The molecule has 2 aliphatic rings. The van der Waals surface area contributed by atoms with Crippen molar-refractivity contribution in [3.63, 3.8) is 0 Å². The first-order valence-electron chi connectivity index (χ1n) is 6.02. The van der Waals surface area contributed by atoms with Crippen molar-refractivity contribution in [2.45, 2.75) is 31.3 Å². The number of fused-ring (bicyclic) bond motifs is 2. The summed E-state index contributed by atoms with van der Waals surface area (Å²) in [6.45, 7) is 0.570. The van der Waals surface area contributed by atoms with Crippen molar-refractivity contribution in [1.29, 1.82) is 0 Å². The van der Waals surface area contributed by atoms with E-state index in [-0.39, 0.29) is 25.0 Å². The molecule has 0 aromatic rings. The Labute approximate surface area is 95.4 Å². The van der Waals surface area contributed by atoms with Crippen LogP contribution in [0.25, 0.3) is 0 Å². The number of rotatable bonds is 5. The second-order valence-electron chi connectivity index (χ2n) is 4.66. The normalized spacial score (nSPS) is 32.0. The Hall–Kier alpha value is -0.650. The molecule has 92 valence electrons. The molecule has 0 aromatic heterocycles. The molecule has 3 N–H and O–H groups in total. The van der Waals surface area contributed by atoms with E-state index in [0.717, 1.165) is 12.8 Å². The van der Waals surface area contributed by atoms with Gasteiger partial charge >= 0.3 is 0 Å². The number of hydrogen-bond acceptors (Lipinski definition) is 4. The molecule has 0 spiro atoms. The average Bonchev–Trinajstić information content (AvgIpc) is 2.89. The van der Waals surface area contributed by atoms with Crippen LogP contribution in [0, 0.1) is 5.92 Å². The molecule has 2 rings (SSSR count). The van der Waals surface area contributed by atoms with Crippen molar-refractivity contribution in [3.8, 4) is 0 Å². The number of aliphatic hydroxyl groups is 2. The number of carbonyl (C=O) groups excluding carboxylic acids is 1. The lowest BCUT2D eigenvalue weighted by molar-refractivity contribution is -0.137. The average molecular weight is 228 g/mol. The van der Waals surface area contributed by atoms with E-state index in [1.807, 2.05) is 0 Å². The Morgan fingerprint density at radius 1 is 1.25 bits per heavy atom. The molecule has 0 saturated carbocycles. The third-order valence-electron chi connectivity index (χ3n) is 3.67. The summed E-state index contributed by atoms with van der Waals surface area (Å²) in [5, 5.41) is 21.2. The van der Waals surface area contributed by atoms with Gasteiger partial charge in [0, 0.05) is 25.2 Å². The Morgan fingerprint density at radius 3 is 2.38 bits per heavy atom. The third-order valence-corrected chi connectivity index (χ3v) is 3.67. The summed E-state index contributed by atoms with van der Waals surface area (Å²) >= 11 is 0. The minimum atomic E-state index is -0.0417. The van der Waals surface area contributed by atoms with E-state index in [2.05, 4.69) is 5.32 Å². The van der Waals surface area contributed by atoms with Gasteiger partial charge in [-0.2, -0.15) is 0 Å². The monoisotopic (exact) mass is 228 g/mol. The maximum Gasteiger partial charge on any atom is 0.227 e. The maximum atomic E-state index is 12.2. The van der Waals surface area contributed by atoms with Crippen LogP contribution in [0.5, 0.6) is 0 Å². The minimum absolute atomic E-state index is 0.0417. The van der Waals surface area contributed by atoms with E-state index in [1.54, 1.807) is 4.90 Å². The predicted octanol–water partition coefficient (Wildman–Crippen LogP) is -1.06. The Morgan fingerprint density at radius 2 is 1.94 bits per heavy atom. The highest BCUT2D eigenvalue weighted by molar-refractivity contribution is 5.80. The van der Waals surface area contributed by atoms with Crippen molar-refractivity contribution >= 4 is 5.91 Å². The van der Waals surface area contributed by atoms with E-state index in [1.165, 1.54) is 6.42 Å². The Balaban J connectivity index is 1.94. The smallest absolute Gasteiger partial charge is 0.227 e. The summed E-state index contributed by atoms with van der Waals surface area (Å²) in [5.41, 5.74) is 0. The van der Waals surface area contributed by atoms with Gasteiger partial charge in [0.15, 0.2) is 0 Å². The highest BCUT2D eigenvalue weighted by atomic mass is 16.3. The molecule has 2 saturated heterocycles. The summed E-state index contributed by atoms with van der Waals surface area (Å²) in [7, 11) is 0. The molecule has 2 bridgehead atoms. The molecule has 2 aliphatic heterocycles. The lowest BCUT2D eigenvalue weighted by Gasteiger charge is -2.27. The first-order valence-corrected chi connectivity index (χ1v) is 6.02. The highest BCUT2D eigenvalue weighted by Gasteiger charge is 2.43. The highest BCUT2D eigenvalue weighted by Crippen LogP contribution is 2.34. The summed E-state index contributed by atoms with van der Waals surface area (Å²) in [6, 6.07) is 0.821. The van der Waals surface area contributed by atoms with Crippen LogP contribution in [-0.2, 0) is 4.79 Å². The molecule has 0 radical (unpaired) electrons. The van der Waals surface area contributed by atoms with Crippen LogP contribution in [0.2, 0.25) is 0 Å². The molecule has 2 heterocycles. The summed E-state index contributed by atoms with van der Waals surface area (Å²) in [4.78, 5) is 13.8. The molecule has 5 nitrogen and oxygen atoms in total. The van der Waals surface area contributed by atoms with Crippen molar-refractivity contribution in [2.75, 3.05) is 26.3 Å². The largest absolute Gasteiger partial charge is 0.395 e. The number of hydrogen-bond donors (Lipinski definition) is 3. The van der Waals surface area contributed by atoms with Crippen molar-refractivity contribution in [1.82, 2.24) is 10.2 Å². The first-order chi connectivity index (χ1) is 7.76. The van der Waals surface area contributed by atoms with E-state index >= 15 is 0 Å². The second-order valence-corrected chi connectivity index (χ2v) is 4.66. The van der Waals surface area contributed by atoms with Gasteiger partial charge in [-0.25, -0.2) is 0 Å². The zero-order chi connectivity index (χ0) is 11.5. The molecule has 2 fully saturated rings. The van der Waals surface area contributed by atoms with E-state index in [9.17, 15) is 4.79 Å². The molecular weight excluding hydrogens is 208 g/mol. The van der Waals surface area contributed by atoms with Crippen molar-refractivity contribution in [2.24, 2.45) is 5.92 Å². The first kappa shape index (κ1) is 11.8. The summed E-state index contributed by atoms with van der Waals surface area (Å²) in [6.07, 6.45) is 3.17. The van der Waals surface area contributed by atoms with Gasteiger partial charge in [-0.05, 0) is 19.3 Å². The van der Waals surface area contributed by atoms with Crippen LogP contribution in [0.15, 0.2) is 0 Å². The fourth-order valence-electron chi connectivity index (χ4n) is 2.91. The Kier molecular flexibility index (Phi) is 3.78. The fraction of sp³-hybridized carbons (Fsp3) is 0.909. The van der Waals surface area contributed by atoms with Gasteiger partial charge in [-0.3, -0.25) is 4.79 Å². The third kappa shape index (κ3) is 2.21. The number of nitrogens with one attached hydrogen (secondary N) is 1. The van der Waals surface area contributed by atoms with Crippen molar-refractivity contribution < 1.29 is 15.0 Å². The van der Waals surface area contributed by atoms with Crippen LogP contribution < -0.4 is 5.32 Å². The lowest BCUT2D eigenvalue weighted by Crippen LogP contribution is -2.43. The number of carbonyl (C=O) groups is 1. The molecule has 0 aromatic carbocycles. The van der Waals surface area contributed by atoms with E-state index in [0.29, 0.717) is 25.2 Å². The zero-order valence-corrected chi connectivity index (χ0v) is 9.43. The number of nitrogens with zero attached hydrogens (tertiary/aromatic N) is 1. The van der Waals surface area contributed by atoms with E-state index < -0.39 is 0 Å². The van der Waals surface area contributed by atoms with Gasteiger partial charge in [-0.15, -0.1) is 0 Å². The topological polar surface area (TPSA) is 72.8 Å². The van der Waals surface area contributed by atoms with Crippen LogP contribution in [-0.4, -0.2) is 59.4 Å². The standard InChI is InChI=1S/C11H20N2O3/c14-5-3-13(4-6-15)11(16)9-7-8-1-2-10(9)12-8/h8-10,12,14-15H,1-7H2. The SMILES string of the molecule is O=C(C1CC2CCC1N2)N(CCO)CCO. The van der Waals surface area contributed by atoms with Crippen LogP contribution in [0.3, 0.4) is 0 Å². The molecule has 3 unspecified atom stereocenters. The van der Waals surface area contributed by atoms with Crippen LogP contribution in [0.4, 0.5) is 0 Å². The lowest BCUT2D eigenvalue weighted by atomic mass is 9.88. The van der Waals surface area contributed by atoms with Gasteiger partial charge in [0.05, 0.1) is 19.1 Å².